The van der Waals surface area contributed by atoms with Crippen LogP contribution in [0.2, 0.25) is 0 Å². The molecule has 2 aromatic heterocycles. The molecule has 0 bridgehead atoms. The lowest BCUT2D eigenvalue weighted by molar-refractivity contribution is 1.11. The average Bonchev–Trinajstić information content (AvgIpc) is 3.08. The summed E-state index contributed by atoms with van der Waals surface area (Å²) in [6.45, 7) is 0. The van der Waals surface area contributed by atoms with Gasteiger partial charge in [0, 0.05) is 22.4 Å². The van der Waals surface area contributed by atoms with Gasteiger partial charge < -0.3 is 5.32 Å². The number of nitrogens with zero attached hydrogens (tertiary/aromatic N) is 2. The van der Waals surface area contributed by atoms with Crippen LogP contribution in [-0.2, 0) is 0 Å². The predicted octanol–water partition coefficient (Wildman–Crippen LogP) is 3.93. The van der Waals surface area contributed by atoms with Crippen molar-refractivity contribution in [1.82, 2.24) is 9.97 Å². The van der Waals surface area contributed by atoms with Gasteiger partial charge in [-0.1, -0.05) is 12.1 Å². The number of hydrogen-bond donors (Lipinski definition) is 1. The predicted molar refractivity (Wildman–Crippen MR) is 79.5 cm³/mol. The van der Waals surface area contributed by atoms with Crippen LogP contribution in [0.1, 0.15) is 12.8 Å². The molecular formula is C15H13N3S. The van der Waals surface area contributed by atoms with Gasteiger partial charge in [-0.15, -0.1) is 0 Å². The molecule has 0 atom stereocenters. The van der Waals surface area contributed by atoms with Gasteiger partial charge >= 0.3 is 0 Å². The highest BCUT2D eigenvalue weighted by atomic mass is 32.1. The molecular weight excluding hydrogens is 254 g/mol. The third-order valence-electron chi connectivity index (χ3n) is 3.30. The van der Waals surface area contributed by atoms with Crippen molar-refractivity contribution in [2.24, 2.45) is 0 Å². The van der Waals surface area contributed by atoms with Crippen molar-refractivity contribution in [2.45, 2.75) is 18.9 Å². The zero-order valence-electron chi connectivity index (χ0n) is 10.3. The van der Waals surface area contributed by atoms with Crippen LogP contribution in [0, 0.1) is 0 Å². The van der Waals surface area contributed by atoms with Crippen LogP contribution in [0.3, 0.4) is 0 Å². The molecule has 19 heavy (non-hydrogen) atoms. The van der Waals surface area contributed by atoms with Crippen molar-refractivity contribution in [3.8, 4) is 11.4 Å². The first kappa shape index (κ1) is 10.9. The molecule has 0 spiro atoms. The molecule has 0 saturated heterocycles. The lowest BCUT2D eigenvalue weighted by Gasteiger charge is -2.09. The van der Waals surface area contributed by atoms with E-state index in [1.165, 1.54) is 12.8 Å². The van der Waals surface area contributed by atoms with Crippen molar-refractivity contribution < 1.29 is 0 Å². The van der Waals surface area contributed by atoms with Gasteiger partial charge in [-0.25, -0.2) is 9.97 Å². The van der Waals surface area contributed by atoms with E-state index in [4.69, 9.17) is 4.98 Å². The molecule has 4 rings (SSSR count). The summed E-state index contributed by atoms with van der Waals surface area (Å²) in [5.41, 5.74) is 2.09. The average molecular weight is 267 g/mol. The third kappa shape index (κ3) is 2.08. The van der Waals surface area contributed by atoms with Crippen LogP contribution in [0.4, 0.5) is 5.82 Å². The summed E-state index contributed by atoms with van der Waals surface area (Å²) in [5.74, 6) is 1.78. The standard InChI is InChI=1S/C15H13N3S/c1-2-4-13-12(3-1)15(16-11-5-6-11)18-14(17-13)10-7-8-19-9-10/h1-4,7-9,11H,5-6H2,(H,16,17,18). The monoisotopic (exact) mass is 267 g/mol. The number of thiophene rings is 1. The lowest BCUT2D eigenvalue weighted by atomic mass is 10.2. The molecule has 94 valence electrons. The molecule has 1 aliphatic rings. The number of para-hydroxylation sites is 1. The minimum absolute atomic E-state index is 0.591. The number of hydrogen-bond acceptors (Lipinski definition) is 4. The Morgan fingerprint density at radius 1 is 1.11 bits per heavy atom. The SMILES string of the molecule is c1ccc2c(NC3CC3)nc(-c3ccsc3)nc2c1. The molecule has 1 aliphatic carbocycles. The van der Waals surface area contributed by atoms with Crippen LogP contribution >= 0.6 is 11.3 Å². The lowest BCUT2D eigenvalue weighted by Crippen LogP contribution is -2.05. The van der Waals surface area contributed by atoms with Crippen LogP contribution in [0.25, 0.3) is 22.3 Å². The van der Waals surface area contributed by atoms with Crippen molar-refractivity contribution >= 4 is 28.1 Å². The summed E-state index contributed by atoms with van der Waals surface area (Å²) in [6.07, 6.45) is 2.48. The molecule has 1 saturated carbocycles. The Balaban J connectivity index is 1.90. The van der Waals surface area contributed by atoms with E-state index in [1.54, 1.807) is 11.3 Å². The minimum atomic E-state index is 0.591. The molecule has 0 unspecified atom stereocenters. The Hall–Kier alpha value is -1.94. The number of benzene rings is 1. The summed E-state index contributed by atoms with van der Waals surface area (Å²) in [6, 6.07) is 10.8. The first-order valence-electron chi connectivity index (χ1n) is 6.46. The molecule has 3 nitrogen and oxygen atoms in total. The summed E-state index contributed by atoms with van der Waals surface area (Å²) >= 11 is 1.67. The van der Waals surface area contributed by atoms with Gasteiger partial charge in [-0.3, -0.25) is 0 Å². The van der Waals surface area contributed by atoms with E-state index in [9.17, 15) is 0 Å². The Morgan fingerprint density at radius 2 is 2.00 bits per heavy atom. The number of fused-ring (bicyclic) bond motifs is 1. The smallest absolute Gasteiger partial charge is 0.162 e. The molecule has 1 aromatic carbocycles. The fourth-order valence-electron chi connectivity index (χ4n) is 2.13. The highest BCUT2D eigenvalue weighted by Gasteiger charge is 2.22. The van der Waals surface area contributed by atoms with Crippen LogP contribution < -0.4 is 5.32 Å². The van der Waals surface area contributed by atoms with E-state index < -0.39 is 0 Å². The quantitative estimate of drug-likeness (QED) is 0.781. The molecule has 1 N–H and O–H groups in total. The van der Waals surface area contributed by atoms with Crippen LogP contribution in [0.5, 0.6) is 0 Å². The van der Waals surface area contributed by atoms with E-state index in [0.717, 1.165) is 28.1 Å². The third-order valence-corrected chi connectivity index (χ3v) is 3.98. The molecule has 4 heteroatoms. The molecule has 3 aromatic rings. The molecule has 2 heterocycles. The first-order valence-corrected chi connectivity index (χ1v) is 7.40. The van der Waals surface area contributed by atoms with Gasteiger partial charge in [0.25, 0.3) is 0 Å². The van der Waals surface area contributed by atoms with E-state index in [0.29, 0.717) is 6.04 Å². The van der Waals surface area contributed by atoms with E-state index in [1.807, 2.05) is 18.2 Å². The number of aromatic nitrogens is 2. The van der Waals surface area contributed by atoms with Crippen LogP contribution in [-0.4, -0.2) is 16.0 Å². The van der Waals surface area contributed by atoms with Gasteiger partial charge in [-0.05, 0) is 36.4 Å². The Bertz CT molecular complexity index is 717. The van der Waals surface area contributed by atoms with Crippen molar-refractivity contribution in [3.63, 3.8) is 0 Å². The summed E-state index contributed by atoms with van der Waals surface area (Å²) in [7, 11) is 0. The Morgan fingerprint density at radius 3 is 2.79 bits per heavy atom. The van der Waals surface area contributed by atoms with Gasteiger partial charge in [0.2, 0.25) is 0 Å². The van der Waals surface area contributed by atoms with E-state index >= 15 is 0 Å². The largest absolute Gasteiger partial charge is 0.367 e. The number of anilines is 1. The minimum Gasteiger partial charge on any atom is -0.367 e. The highest BCUT2D eigenvalue weighted by Crippen LogP contribution is 2.30. The van der Waals surface area contributed by atoms with Gasteiger partial charge in [-0.2, -0.15) is 11.3 Å². The van der Waals surface area contributed by atoms with Gasteiger partial charge in [0.05, 0.1) is 5.52 Å². The topological polar surface area (TPSA) is 37.8 Å². The number of nitrogens with one attached hydrogen (secondary N) is 1. The zero-order valence-corrected chi connectivity index (χ0v) is 11.2. The van der Waals surface area contributed by atoms with Crippen molar-refractivity contribution in [3.05, 3.63) is 41.1 Å². The van der Waals surface area contributed by atoms with Gasteiger partial charge in [0.15, 0.2) is 5.82 Å². The van der Waals surface area contributed by atoms with E-state index in [-0.39, 0.29) is 0 Å². The van der Waals surface area contributed by atoms with Gasteiger partial charge in [0.1, 0.15) is 5.82 Å². The second-order valence-corrected chi connectivity index (χ2v) is 5.62. The molecule has 0 radical (unpaired) electrons. The van der Waals surface area contributed by atoms with Crippen molar-refractivity contribution in [2.75, 3.05) is 5.32 Å². The zero-order chi connectivity index (χ0) is 12.7. The second kappa shape index (κ2) is 4.31. The maximum atomic E-state index is 4.71. The summed E-state index contributed by atoms with van der Waals surface area (Å²) in [5, 5.41) is 8.76. The highest BCUT2D eigenvalue weighted by molar-refractivity contribution is 7.08. The van der Waals surface area contributed by atoms with Crippen molar-refractivity contribution in [1.29, 1.82) is 0 Å². The van der Waals surface area contributed by atoms with Crippen LogP contribution in [0.15, 0.2) is 41.1 Å². The second-order valence-electron chi connectivity index (χ2n) is 4.84. The Labute approximate surface area is 115 Å². The fraction of sp³-hybridized carbons (Fsp3) is 0.200. The molecule has 0 amide bonds. The summed E-state index contributed by atoms with van der Waals surface area (Å²) in [4.78, 5) is 9.37. The maximum Gasteiger partial charge on any atom is 0.162 e. The fourth-order valence-corrected chi connectivity index (χ4v) is 2.76. The molecule has 1 fully saturated rings. The first-order chi connectivity index (χ1) is 9.40. The normalized spacial score (nSPS) is 14.7. The maximum absolute atomic E-state index is 4.71. The molecule has 0 aliphatic heterocycles. The van der Waals surface area contributed by atoms with E-state index in [2.05, 4.69) is 33.2 Å². The summed E-state index contributed by atoms with van der Waals surface area (Å²) < 4.78 is 0. The number of rotatable bonds is 3. The Kier molecular flexibility index (Phi) is 2.48.